The van der Waals surface area contributed by atoms with E-state index in [2.05, 4.69) is 12.2 Å². The molecule has 2 unspecified atom stereocenters. The van der Waals surface area contributed by atoms with E-state index in [0.29, 0.717) is 19.2 Å². The number of hydrogen-bond acceptors (Lipinski definition) is 3. The van der Waals surface area contributed by atoms with E-state index in [9.17, 15) is 4.79 Å². The zero-order valence-corrected chi connectivity index (χ0v) is 13.3. The molecule has 19 heavy (non-hydrogen) atoms. The van der Waals surface area contributed by atoms with Crippen molar-refractivity contribution < 1.29 is 9.53 Å². The van der Waals surface area contributed by atoms with Crippen LogP contribution in [0, 0.1) is 11.8 Å². The van der Waals surface area contributed by atoms with Crippen LogP contribution in [-0.4, -0.2) is 57.2 Å². The lowest BCUT2D eigenvalue weighted by atomic mass is 9.82. The molecule has 0 aliphatic heterocycles. The number of allylic oxidation sites excluding steroid dienone is 2. The van der Waals surface area contributed by atoms with Gasteiger partial charge in [0, 0.05) is 20.1 Å². The van der Waals surface area contributed by atoms with E-state index in [4.69, 9.17) is 4.74 Å². The maximum absolute atomic E-state index is 12.3. The van der Waals surface area contributed by atoms with E-state index in [1.54, 1.807) is 12.0 Å². The first-order valence-electron chi connectivity index (χ1n) is 7.10. The molecule has 1 amide bonds. The SMILES string of the molecule is CC.COCC1CC=CCC1C(=O)N(C)CN(C)C. The summed E-state index contributed by atoms with van der Waals surface area (Å²) in [6.45, 7) is 5.33. The van der Waals surface area contributed by atoms with Gasteiger partial charge in [-0.25, -0.2) is 0 Å². The van der Waals surface area contributed by atoms with Crippen molar-refractivity contribution in [3.05, 3.63) is 12.2 Å². The highest BCUT2D eigenvalue weighted by molar-refractivity contribution is 5.79. The van der Waals surface area contributed by atoms with Crippen LogP contribution in [0.4, 0.5) is 0 Å². The van der Waals surface area contributed by atoms with Crippen molar-refractivity contribution in [3.8, 4) is 0 Å². The minimum Gasteiger partial charge on any atom is -0.384 e. The van der Waals surface area contributed by atoms with Gasteiger partial charge in [0.2, 0.25) is 5.91 Å². The highest BCUT2D eigenvalue weighted by Gasteiger charge is 2.30. The average molecular weight is 270 g/mol. The molecule has 0 aromatic carbocycles. The third kappa shape index (κ3) is 6.21. The van der Waals surface area contributed by atoms with Crippen LogP contribution in [0.1, 0.15) is 26.7 Å². The fraction of sp³-hybridized carbons (Fsp3) is 0.800. The van der Waals surface area contributed by atoms with Crippen molar-refractivity contribution in [1.29, 1.82) is 0 Å². The van der Waals surface area contributed by atoms with Crippen LogP contribution in [0.5, 0.6) is 0 Å². The van der Waals surface area contributed by atoms with Gasteiger partial charge in [0.15, 0.2) is 0 Å². The van der Waals surface area contributed by atoms with Gasteiger partial charge in [-0.15, -0.1) is 0 Å². The summed E-state index contributed by atoms with van der Waals surface area (Å²) >= 11 is 0. The fourth-order valence-corrected chi connectivity index (χ4v) is 2.35. The predicted molar refractivity (Wildman–Crippen MR) is 79.9 cm³/mol. The summed E-state index contributed by atoms with van der Waals surface area (Å²) in [5.74, 6) is 0.622. The third-order valence-corrected chi connectivity index (χ3v) is 3.13. The molecule has 1 rings (SSSR count). The molecule has 0 aromatic heterocycles. The summed E-state index contributed by atoms with van der Waals surface area (Å²) in [5.41, 5.74) is 0. The monoisotopic (exact) mass is 270 g/mol. The molecule has 0 aromatic rings. The molecule has 2 atom stereocenters. The van der Waals surface area contributed by atoms with E-state index in [1.807, 2.05) is 39.9 Å². The molecule has 0 heterocycles. The van der Waals surface area contributed by atoms with Crippen LogP contribution < -0.4 is 0 Å². The first-order valence-corrected chi connectivity index (χ1v) is 7.10. The first-order chi connectivity index (χ1) is 9.06. The lowest BCUT2D eigenvalue weighted by molar-refractivity contribution is -0.138. The molecule has 4 heteroatoms. The maximum atomic E-state index is 12.3. The van der Waals surface area contributed by atoms with Gasteiger partial charge < -0.3 is 9.64 Å². The molecule has 0 radical (unpaired) electrons. The number of hydrogen-bond donors (Lipinski definition) is 0. The van der Waals surface area contributed by atoms with Crippen LogP contribution in [-0.2, 0) is 9.53 Å². The minimum atomic E-state index is 0.0740. The molecule has 0 saturated carbocycles. The quantitative estimate of drug-likeness (QED) is 0.567. The van der Waals surface area contributed by atoms with Gasteiger partial charge in [0.1, 0.15) is 0 Å². The molecule has 0 bridgehead atoms. The molecule has 0 saturated heterocycles. The Kier molecular flexibility index (Phi) is 9.53. The molecule has 0 spiro atoms. The molecule has 112 valence electrons. The lowest BCUT2D eigenvalue weighted by Gasteiger charge is -2.31. The Labute approximate surface area is 118 Å². The molecular formula is C15H30N2O2. The Morgan fingerprint density at radius 2 is 1.79 bits per heavy atom. The summed E-state index contributed by atoms with van der Waals surface area (Å²) < 4.78 is 5.21. The lowest BCUT2D eigenvalue weighted by Crippen LogP contribution is -2.42. The second-order valence-electron chi connectivity index (χ2n) is 5.02. The topological polar surface area (TPSA) is 32.8 Å². The van der Waals surface area contributed by atoms with Crippen molar-refractivity contribution in [3.63, 3.8) is 0 Å². The summed E-state index contributed by atoms with van der Waals surface area (Å²) in [5, 5.41) is 0. The summed E-state index contributed by atoms with van der Waals surface area (Å²) in [4.78, 5) is 16.1. The summed E-state index contributed by atoms with van der Waals surface area (Å²) in [6.07, 6.45) is 6.04. The molecule has 4 nitrogen and oxygen atoms in total. The number of carbonyl (C=O) groups is 1. The van der Waals surface area contributed by atoms with E-state index in [-0.39, 0.29) is 11.8 Å². The summed E-state index contributed by atoms with van der Waals surface area (Å²) in [6, 6.07) is 0. The predicted octanol–water partition coefficient (Wildman–Crippen LogP) is 2.22. The van der Waals surface area contributed by atoms with Gasteiger partial charge in [-0.05, 0) is 32.9 Å². The normalized spacial score (nSPS) is 21.8. The van der Waals surface area contributed by atoms with Crippen LogP contribution in [0.25, 0.3) is 0 Å². The van der Waals surface area contributed by atoms with Gasteiger partial charge in [0.05, 0.1) is 13.3 Å². The molecule has 1 aliphatic carbocycles. The van der Waals surface area contributed by atoms with Crippen molar-refractivity contribution in [2.45, 2.75) is 26.7 Å². The Morgan fingerprint density at radius 3 is 2.32 bits per heavy atom. The smallest absolute Gasteiger partial charge is 0.227 e. The number of ether oxygens (including phenoxy) is 1. The van der Waals surface area contributed by atoms with Crippen molar-refractivity contribution in [1.82, 2.24) is 9.80 Å². The minimum absolute atomic E-state index is 0.0740. The third-order valence-electron chi connectivity index (χ3n) is 3.13. The second-order valence-corrected chi connectivity index (χ2v) is 5.02. The molecule has 0 fully saturated rings. The summed E-state index contributed by atoms with van der Waals surface area (Å²) in [7, 11) is 7.50. The van der Waals surface area contributed by atoms with E-state index in [1.165, 1.54) is 0 Å². The average Bonchev–Trinajstić information content (AvgIpc) is 2.40. The molecule has 0 N–H and O–H groups in total. The molecular weight excluding hydrogens is 240 g/mol. The number of amides is 1. The van der Waals surface area contributed by atoms with Gasteiger partial charge in [-0.1, -0.05) is 26.0 Å². The van der Waals surface area contributed by atoms with Crippen molar-refractivity contribution in [2.75, 3.05) is 41.5 Å². The highest BCUT2D eigenvalue weighted by atomic mass is 16.5. The van der Waals surface area contributed by atoms with Gasteiger partial charge in [-0.3, -0.25) is 9.69 Å². The van der Waals surface area contributed by atoms with E-state index in [0.717, 1.165) is 12.8 Å². The fourth-order valence-electron chi connectivity index (χ4n) is 2.35. The van der Waals surface area contributed by atoms with Gasteiger partial charge in [-0.2, -0.15) is 0 Å². The van der Waals surface area contributed by atoms with Crippen LogP contribution in [0.3, 0.4) is 0 Å². The number of rotatable bonds is 5. The zero-order chi connectivity index (χ0) is 14.8. The number of nitrogens with zero attached hydrogens (tertiary/aromatic N) is 2. The number of carbonyl (C=O) groups excluding carboxylic acids is 1. The molecule has 1 aliphatic rings. The zero-order valence-electron chi connectivity index (χ0n) is 13.3. The van der Waals surface area contributed by atoms with Crippen LogP contribution >= 0.6 is 0 Å². The van der Waals surface area contributed by atoms with Gasteiger partial charge >= 0.3 is 0 Å². The Bertz CT molecular complexity index is 277. The standard InChI is InChI=1S/C13H24N2O2.C2H6/c1-14(2)10-15(3)13(16)12-8-6-5-7-11(12)9-17-4;1-2/h5-6,11-12H,7-10H2,1-4H3;1-2H3. The number of methoxy groups -OCH3 is 1. The Morgan fingerprint density at radius 1 is 1.21 bits per heavy atom. The van der Waals surface area contributed by atoms with Crippen molar-refractivity contribution in [2.24, 2.45) is 11.8 Å². The maximum Gasteiger partial charge on any atom is 0.227 e. The Hall–Kier alpha value is -0.870. The first kappa shape index (κ1) is 18.1. The van der Waals surface area contributed by atoms with Crippen LogP contribution in [0.15, 0.2) is 12.2 Å². The van der Waals surface area contributed by atoms with E-state index >= 15 is 0 Å². The van der Waals surface area contributed by atoms with E-state index < -0.39 is 0 Å². The largest absolute Gasteiger partial charge is 0.384 e. The Balaban J connectivity index is 0.00000154. The van der Waals surface area contributed by atoms with Crippen molar-refractivity contribution >= 4 is 5.91 Å². The second kappa shape index (κ2) is 9.98. The highest BCUT2D eigenvalue weighted by Crippen LogP contribution is 2.27. The van der Waals surface area contributed by atoms with Crippen LogP contribution in [0.2, 0.25) is 0 Å². The van der Waals surface area contributed by atoms with Gasteiger partial charge in [0.25, 0.3) is 0 Å².